The van der Waals surface area contributed by atoms with Crippen LogP contribution < -0.4 is 5.32 Å². The summed E-state index contributed by atoms with van der Waals surface area (Å²) in [6.45, 7) is 0. The van der Waals surface area contributed by atoms with Crippen LogP contribution in [0.3, 0.4) is 0 Å². The normalized spacial score (nSPS) is 10.2. The van der Waals surface area contributed by atoms with E-state index in [1.54, 1.807) is 38.4 Å². The van der Waals surface area contributed by atoms with E-state index >= 15 is 0 Å². The Labute approximate surface area is 110 Å². The molecule has 2 N–H and O–H groups in total. The molecule has 0 aliphatic carbocycles. The molecule has 0 unspecified atom stereocenters. The van der Waals surface area contributed by atoms with E-state index in [9.17, 15) is 14.4 Å². The van der Waals surface area contributed by atoms with Crippen molar-refractivity contribution in [2.24, 2.45) is 0 Å². The topological polar surface area (TPSA) is 86.7 Å². The highest BCUT2D eigenvalue weighted by Crippen LogP contribution is 2.16. The zero-order valence-electron chi connectivity index (χ0n) is 10.6. The van der Waals surface area contributed by atoms with E-state index in [0.29, 0.717) is 11.3 Å². The number of anilines is 1. The van der Waals surface area contributed by atoms with Gasteiger partial charge in [-0.05, 0) is 12.1 Å². The van der Waals surface area contributed by atoms with E-state index in [0.717, 1.165) is 12.2 Å². The van der Waals surface area contributed by atoms with Crippen molar-refractivity contribution in [2.75, 3.05) is 19.4 Å². The van der Waals surface area contributed by atoms with Gasteiger partial charge < -0.3 is 15.3 Å². The average Bonchev–Trinajstić information content (AvgIpc) is 2.36. The lowest BCUT2D eigenvalue weighted by Crippen LogP contribution is -2.23. The quantitative estimate of drug-likeness (QED) is 0.791. The predicted octanol–water partition coefficient (Wildman–Crippen LogP) is 0.968. The van der Waals surface area contributed by atoms with Gasteiger partial charge in [0, 0.05) is 26.2 Å². The number of hydrogen-bond acceptors (Lipinski definition) is 3. The first-order valence-corrected chi connectivity index (χ1v) is 5.44. The first kappa shape index (κ1) is 14.4. The molecule has 1 aromatic carbocycles. The Hall–Kier alpha value is -2.63. The molecular weight excluding hydrogens is 248 g/mol. The van der Waals surface area contributed by atoms with Gasteiger partial charge in [0.2, 0.25) is 5.91 Å². The highest BCUT2D eigenvalue weighted by molar-refractivity contribution is 6.07. The Morgan fingerprint density at radius 2 is 1.79 bits per heavy atom. The smallest absolute Gasteiger partial charge is 0.328 e. The van der Waals surface area contributed by atoms with Gasteiger partial charge in [0.25, 0.3) is 5.91 Å². The Morgan fingerprint density at radius 3 is 2.37 bits per heavy atom. The van der Waals surface area contributed by atoms with Crippen molar-refractivity contribution in [2.45, 2.75) is 0 Å². The molecule has 19 heavy (non-hydrogen) atoms. The molecule has 0 atom stereocenters. The molecule has 0 radical (unpaired) electrons. The number of hydrogen-bond donors (Lipinski definition) is 2. The summed E-state index contributed by atoms with van der Waals surface area (Å²) in [6, 6.07) is 6.50. The van der Waals surface area contributed by atoms with Gasteiger partial charge in [-0.25, -0.2) is 4.79 Å². The molecule has 6 heteroatoms. The second-order valence-electron chi connectivity index (χ2n) is 3.91. The highest BCUT2D eigenvalue weighted by atomic mass is 16.4. The van der Waals surface area contributed by atoms with Gasteiger partial charge in [-0.15, -0.1) is 0 Å². The fourth-order valence-corrected chi connectivity index (χ4v) is 1.34. The second-order valence-corrected chi connectivity index (χ2v) is 3.91. The number of carboxylic acids is 1. The van der Waals surface area contributed by atoms with Crippen molar-refractivity contribution in [3.63, 3.8) is 0 Å². The number of carbonyl (C=O) groups excluding carboxylic acids is 2. The molecule has 0 aliphatic heterocycles. The summed E-state index contributed by atoms with van der Waals surface area (Å²) in [7, 11) is 3.20. The molecule has 1 aromatic rings. The molecule has 0 aliphatic rings. The minimum Gasteiger partial charge on any atom is -0.478 e. The van der Waals surface area contributed by atoms with Gasteiger partial charge in [0.05, 0.1) is 11.3 Å². The van der Waals surface area contributed by atoms with Crippen LogP contribution in [-0.4, -0.2) is 41.9 Å². The van der Waals surface area contributed by atoms with Crippen LogP contribution in [-0.2, 0) is 9.59 Å². The molecule has 2 amide bonds. The number of nitrogens with zero attached hydrogens (tertiary/aromatic N) is 1. The lowest BCUT2D eigenvalue weighted by molar-refractivity contribution is -0.131. The third-order valence-corrected chi connectivity index (χ3v) is 2.20. The van der Waals surface area contributed by atoms with Crippen LogP contribution in [0.5, 0.6) is 0 Å². The van der Waals surface area contributed by atoms with E-state index in [2.05, 4.69) is 5.32 Å². The van der Waals surface area contributed by atoms with E-state index in [1.807, 2.05) is 0 Å². The summed E-state index contributed by atoms with van der Waals surface area (Å²) >= 11 is 0. The SMILES string of the molecule is CN(C)C(=O)c1ccccc1NC(=O)/C=C/C(=O)O. The number of carbonyl (C=O) groups is 3. The molecule has 1 rings (SSSR count). The first-order valence-electron chi connectivity index (χ1n) is 5.44. The molecule has 0 bridgehead atoms. The number of rotatable bonds is 4. The van der Waals surface area contributed by atoms with Crippen molar-refractivity contribution in [1.82, 2.24) is 4.90 Å². The van der Waals surface area contributed by atoms with E-state index in [1.165, 1.54) is 4.90 Å². The number of aliphatic carboxylic acids is 1. The summed E-state index contributed by atoms with van der Waals surface area (Å²) in [6.07, 6.45) is 1.62. The lowest BCUT2D eigenvalue weighted by atomic mass is 10.1. The van der Waals surface area contributed by atoms with Gasteiger partial charge in [-0.3, -0.25) is 9.59 Å². The van der Waals surface area contributed by atoms with E-state index < -0.39 is 11.9 Å². The molecular formula is C13H14N2O4. The summed E-state index contributed by atoms with van der Waals surface area (Å²) in [4.78, 5) is 35.0. The van der Waals surface area contributed by atoms with Crippen molar-refractivity contribution in [1.29, 1.82) is 0 Å². The summed E-state index contributed by atoms with van der Waals surface area (Å²) in [5.74, 6) is -2.08. The molecule has 0 spiro atoms. The zero-order valence-corrected chi connectivity index (χ0v) is 10.6. The monoisotopic (exact) mass is 262 g/mol. The Kier molecular flexibility index (Phi) is 4.82. The van der Waals surface area contributed by atoms with Crippen LogP contribution >= 0.6 is 0 Å². The molecule has 0 saturated carbocycles. The fourth-order valence-electron chi connectivity index (χ4n) is 1.34. The minimum atomic E-state index is -1.21. The number of nitrogens with one attached hydrogen (secondary N) is 1. The zero-order chi connectivity index (χ0) is 14.4. The van der Waals surface area contributed by atoms with Gasteiger partial charge >= 0.3 is 5.97 Å². The van der Waals surface area contributed by atoms with Crippen molar-refractivity contribution < 1.29 is 19.5 Å². The van der Waals surface area contributed by atoms with E-state index in [4.69, 9.17) is 5.11 Å². The highest BCUT2D eigenvalue weighted by Gasteiger charge is 2.13. The molecule has 0 aromatic heterocycles. The van der Waals surface area contributed by atoms with Crippen molar-refractivity contribution in [3.05, 3.63) is 42.0 Å². The van der Waals surface area contributed by atoms with E-state index in [-0.39, 0.29) is 5.91 Å². The van der Waals surface area contributed by atoms with Gasteiger partial charge in [-0.2, -0.15) is 0 Å². The second kappa shape index (κ2) is 6.34. The van der Waals surface area contributed by atoms with Crippen LogP contribution in [0.2, 0.25) is 0 Å². The van der Waals surface area contributed by atoms with Crippen LogP contribution in [0.1, 0.15) is 10.4 Å². The summed E-state index contributed by atoms with van der Waals surface area (Å²) in [5, 5.41) is 10.9. The van der Waals surface area contributed by atoms with Crippen molar-refractivity contribution >= 4 is 23.5 Å². The Balaban J connectivity index is 2.93. The molecule has 6 nitrogen and oxygen atoms in total. The van der Waals surface area contributed by atoms with Crippen LogP contribution in [0.4, 0.5) is 5.69 Å². The molecule has 0 heterocycles. The van der Waals surface area contributed by atoms with Gasteiger partial charge in [-0.1, -0.05) is 12.1 Å². The molecule has 0 saturated heterocycles. The standard InChI is InChI=1S/C13H14N2O4/c1-15(2)13(19)9-5-3-4-6-10(9)14-11(16)7-8-12(17)18/h3-8H,1-2H3,(H,14,16)(H,17,18)/b8-7+. The molecule has 0 fully saturated rings. The Bertz CT molecular complexity index is 535. The number of carboxylic acid groups (broad SMARTS) is 1. The summed E-state index contributed by atoms with van der Waals surface area (Å²) in [5.41, 5.74) is 0.672. The summed E-state index contributed by atoms with van der Waals surface area (Å²) < 4.78 is 0. The maximum absolute atomic E-state index is 11.9. The third kappa shape index (κ3) is 4.27. The van der Waals surface area contributed by atoms with Crippen molar-refractivity contribution in [3.8, 4) is 0 Å². The Morgan fingerprint density at radius 1 is 1.16 bits per heavy atom. The minimum absolute atomic E-state index is 0.252. The van der Waals surface area contributed by atoms with Gasteiger partial charge in [0.1, 0.15) is 0 Å². The van der Waals surface area contributed by atoms with Crippen LogP contribution in [0, 0.1) is 0 Å². The van der Waals surface area contributed by atoms with Crippen LogP contribution in [0.25, 0.3) is 0 Å². The average molecular weight is 262 g/mol. The number of para-hydroxylation sites is 1. The number of benzene rings is 1. The first-order chi connectivity index (χ1) is 8.91. The van der Waals surface area contributed by atoms with Gasteiger partial charge in [0.15, 0.2) is 0 Å². The lowest BCUT2D eigenvalue weighted by Gasteiger charge is -2.13. The third-order valence-electron chi connectivity index (χ3n) is 2.20. The maximum Gasteiger partial charge on any atom is 0.328 e. The molecule has 100 valence electrons. The largest absolute Gasteiger partial charge is 0.478 e. The maximum atomic E-state index is 11.9. The predicted molar refractivity (Wildman–Crippen MR) is 69.9 cm³/mol. The van der Waals surface area contributed by atoms with Crippen LogP contribution in [0.15, 0.2) is 36.4 Å². The fraction of sp³-hybridized carbons (Fsp3) is 0.154. The number of amides is 2.